The van der Waals surface area contributed by atoms with Crippen molar-refractivity contribution in [3.05, 3.63) is 109 Å². The first-order valence-corrected chi connectivity index (χ1v) is 30.8. The van der Waals surface area contributed by atoms with Crippen molar-refractivity contribution in [2.75, 3.05) is 27.3 Å². The number of hydrogen-bond donors (Lipinski definition) is 4. The number of methoxy groups -OCH3 is 2. The third-order valence-corrected chi connectivity index (χ3v) is 16.6. The van der Waals surface area contributed by atoms with Crippen molar-refractivity contribution in [1.82, 2.24) is 31.1 Å². The van der Waals surface area contributed by atoms with Crippen LogP contribution in [0.25, 0.3) is 0 Å². The van der Waals surface area contributed by atoms with E-state index in [0.717, 1.165) is 68.9 Å². The summed E-state index contributed by atoms with van der Waals surface area (Å²) in [5, 5.41) is 11.3. The molecule has 5 aliphatic rings. The summed E-state index contributed by atoms with van der Waals surface area (Å²) >= 11 is 0. The Hall–Kier alpha value is -7.06. The minimum atomic E-state index is -0.902. The van der Waals surface area contributed by atoms with Gasteiger partial charge in [-0.2, -0.15) is 0 Å². The molecule has 2 aromatic carbocycles. The highest BCUT2D eigenvalue weighted by molar-refractivity contribution is 5.95. The summed E-state index contributed by atoms with van der Waals surface area (Å²) in [7, 11) is 2.60. The number of carbonyl (C=O) groups is 8. The molecule has 1 unspecified atom stereocenters. The standard InChI is InChI=1S/C34H49N3O7.C32H45N3O7/c1-6-8-10-15-19-26(36-33(41)43-23-24-17-13-12-14-18-24)31(39)37-22-28-25(21-34(3,4)44-28)29(37)30(38)35-27(32(40)42-5)20-16-11-9-7-2;1-32(2)19-23-26(42-32)20-35-27(23)28(36)33-25(30(38)40-3)18-14-9-7-5-4-6-8-13-17-24(29(35)37)34-31(39)41-21-22-15-11-10-12-16-22/h6-7,12-14,17-18,25-29H,1-2,8-11,15-16,19-23H2,3-5H3,(H,35,38)(H,36,41);4-5,10-12,15-16,23-27H,6-9,13-14,17-21H2,1-3H3,(H,33,36)(H,34,39)/t25-,26+,27-,28-,29?;23-,24-,25-,26-,27-/m00/s1. The zero-order valence-corrected chi connectivity index (χ0v) is 51.4. The number of rotatable bonds is 21. The molecule has 86 heavy (non-hydrogen) atoms. The van der Waals surface area contributed by atoms with Gasteiger partial charge >= 0.3 is 24.1 Å². The molecular weight excluding hydrogens is 1100 g/mol. The normalized spacial score (nSPS) is 25.0. The van der Waals surface area contributed by atoms with Crippen LogP contribution in [0.1, 0.15) is 154 Å². The van der Waals surface area contributed by atoms with Crippen molar-refractivity contribution in [3.8, 4) is 0 Å². The smallest absolute Gasteiger partial charge is 0.408 e. The molecule has 0 saturated carbocycles. The molecule has 5 heterocycles. The molecule has 0 bridgehead atoms. The molecule has 6 amide bonds. The summed E-state index contributed by atoms with van der Waals surface area (Å²) in [6, 6.07) is 13.5. The third-order valence-electron chi connectivity index (χ3n) is 16.6. The number of allylic oxidation sites excluding steroid dienone is 4. The Morgan fingerprint density at radius 3 is 1.80 bits per heavy atom. The zero-order chi connectivity index (χ0) is 62.2. The van der Waals surface area contributed by atoms with Crippen molar-refractivity contribution >= 4 is 47.8 Å². The van der Waals surface area contributed by atoms with Crippen molar-refractivity contribution in [3.63, 3.8) is 0 Å². The maximum Gasteiger partial charge on any atom is 0.408 e. The number of amides is 6. The molecule has 4 saturated heterocycles. The van der Waals surface area contributed by atoms with Crippen LogP contribution >= 0.6 is 0 Å². The third kappa shape index (κ3) is 20.3. The molecular formula is C66H94N6O14. The van der Waals surface area contributed by atoms with Gasteiger partial charge in [0.05, 0.1) is 37.6 Å². The highest BCUT2D eigenvalue weighted by Gasteiger charge is 2.58. The molecule has 20 nitrogen and oxygen atoms in total. The monoisotopic (exact) mass is 1190 g/mol. The second kappa shape index (κ2) is 33.7. The second-order valence-electron chi connectivity index (χ2n) is 24.3. The van der Waals surface area contributed by atoms with Crippen LogP contribution in [0.2, 0.25) is 0 Å². The number of alkyl carbamates (subject to hydrolysis) is 2. The molecule has 472 valence electrons. The van der Waals surface area contributed by atoms with Gasteiger partial charge in [0.15, 0.2) is 0 Å². The molecule has 20 heteroatoms. The largest absolute Gasteiger partial charge is 0.467 e. The second-order valence-corrected chi connectivity index (χ2v) is 24.3. The van der Waals surface area contributed by atoms with E-state index in [1.165, 1.54) is 24.0 Å². The first-order valence-electron chi connectivity index (χ1n) is 30.8. The number of nitrogens with zero attached hydrogens (tertiary/aromatic N) is 2. The van der Waals surface area contributed by atoms with E-state index in [0.29, 0.717) is 57.8 Å². The van der Waals surface area contributed by atoms with Crippen LogP contribution in [0.3, 0.4) is 0 Å². The van der Waals surface area contributed by atoms with Gasteiger partial charge in [-0.3, -0.25) is 19.2 Å². The van der Waals surface area contributed by atoms with Crippen molar-refractivity contribution in [1.29, 1.82) is 0 Å². The Morgan fingerprint density at radius 2 is 1.23 bits per heavy atom. The molecule has 0 aromatic heterocycles. The first-order chi connectivity index (χ1) is 41.3. The minimum absolute atomic E-state index is 0.0631. The predicted octanol–water partition coefficient (Wildman–Crippen LogP) is 8.85. The highest BCUT2D eigenvalue weighted by atomic mass is 16.6. The van der Waals surface area contributed by atoms with Crippen LogP contribution in [-0.4, -0.2) is 145 Å². The van der Waals surface area contributed by atoms with Gasteiger partial charge in [-0.25, -0.2) is 19.2 Å². The number of likely N-dealkylation sites (tertiary alicyclic amines) is 1. The Balaban J connectivity index is 0.000000275. The lowest BCUT2D eigenvalue weighted by Crippen LogP contribution is -2.57. The van der Waals surface area contributed by atoms with Crippen LogP contribution in [-0.2, 0) is 70.4 Å². The number of benzene rings is 2. The van der Waals surface area contributed by atoms with Crippen LogP contribution in [0, 0.1) is 11.8 Å². The Kier molecular flexibility index (Phi) is 26.7. The Morgan fingerprint density at radius 1 is 0.686 bits per heavy atom. The zero-order valence-electron chi connectivity index (χ0n) is 51.4. The van der Waals surface area contributed by atoms with Gasteiger partial charge in [-0.15, -0.1) is 13.2 Å². The fraction of sp³-hybridized carbons (Fsp3) is 0.606. The fourth-order valence-electron chi connectivity index (χ4n) is 12.4. The van der Waals surface area contributed by atoms with Crippen LogP contribution in [0.5, 0.6) is 0 Å². The van der Waals surface area contributed by atoms with Gasteiger partial charge in [-0.1, -0.05) is 111 Å². The van der Waals surface area contributed by atoms with Crippen LogP contribution in [0.15, 0.2) is 98.1 Å². The number of esters is 2. The van der Waals surface area contributed by atoms with E-state index in [1.54, 1.807) is 0 Å². The number of fused-ring (bicyclic) bond motifs is 4. The quantitative estimate of drug-likeness (QED) is 0.0395. The number of unbranched alkanes of at least 4 members (excludes halogenated alkanes) is 4. The topological polar surface area (TPSA) is 247 Å². The Bertz CT molecular complexity index is 2610. The number of carbonyl (C=O) groups excluding carboxylic acids is 8. The van der Waals surface area contributed by atoms with Gasteiger partial charge in [-0.05, 0) is 129 Å². The highest BCUT2D eigenvalue weighted by Crippen LogP contribution is 2.45. The number of ether oxygens (including phenoxy) is 6. The summed E-state index contributed by atoms with van der Waals surface area (Å²) in [5.74, 6) is -3.10. The average molecular weight is 1200 g/mol. The lowest BCUT2D eigenvalue weighted by molar-refractivity contribution is -0.147. The minimum Gasteiger partial charge on any atom is -0.467 e. The van der Waals surface area contributed by atoms with Crippen molar-refractivity contribution < 1.29 is 66.8 Å². The molecule has 4 fully saturated rings. The molecule has 0 radical (unpaired) electrons. The van der Waals surface area contributed by atoms with E-state index in [1.807, 2.05) is 101 Å². The van der Waals surface area contributed by atoms with Crippen LogP contribution < -0.4 is 21.3 Å². The predicted molar refractivity (Wildman–Crippen MR) is 324 cm³/mol. The molecule has 2 aromatic rings. The average Bonchev–Trinajstić information content (AvgIpc) is 2.39. The maximum absolute atomic E-state index is 14.1. The van der Waals surface area contributed by atoms with E-state index in [2.05, 4.69) is 46.6 Å². The summed E-state index contributed by atoms with van der Waals surface area (Å²) in [6.07, 6.45) is 18.1. The first kappa shape index (κ1) is 68.1. The van der Waals surface area contributed by atoms with Gasteiger partial charge in [0.25, 0.3) is 0 Å². The van der Waals surface area contributed by atoms with E-state index in [-0.39, 0.29) is 62.2 Å². The summed E-state index contributed by atoms with van der Waals surface area (Å²) in [4.78, 5) is 110. The molecule has 4 N–H and O–H groups in total. The lowest BCUT2D eigenvalue weighted by Gasteiger charge is -2.32. The van der Waals surface area contributed by atoms with E-state index in [9.17, 15) is 38.4 Å². The Labute approximate surface area is 508 Å². The number of hydrogen-bond acceptors (Lipinski definition) is 14. The molecule has 7 rings (SSSR count). The SMILES string of the molecule is C=CCCCC[C@H](NC(=O)C1[C@H]2CC(C)(C)O[C@H]2CN1C(=O)[C@@H](CCCCC=C)NC(=O)OCc1ccccc1)C(=O)OC.COC(=O)[C@@H]1CCCCC=CCCCC[C@H](NC(=O)OCc2ccccc2)C(=O)N2C[C@@H]3OC(C)(C)C[C@@H]3[C@H]2C(=O)N1. The molecule has 5 aliphatic heterocycles. The van der Waals surface area contributed by atoms with Gasteiger partial charge in [0.1, 0.15) is 49.5 Å². The molecule has 0 aliphatic carbocycles. The van der Waals surface area contributed by atoms with E-state index < -0.39 is 83.4 Å². The lowest BCUT2D eigenvalue weighted by atomic mass is 9.89. The van der Waals surface area contributed by atoms with Crippen LogP contribution in [0.4, 0.5) is 9.59 Å². The van der Waals surface area contributed by atoms with Gasteiger partial charge < -0.3 is 59.5 Å². The summed E-state index contributed by atoms with van der Waals surface area (Å²) < 4.78 is 33.3. The summed E-state index contributed by atoms with van der Waals surface area (Å²) in [5.41, 5.74) is 0.763. The molecule has 0 spiro atoms. The van der Waals surface area contributed by atoms with Gasteiger partial charge in [0.2, 0.25) is 23.6 Å². The van der Waals surface area contributed by atoms with Crippen molar-refractivity contribution in [2.45, 2.75) is 216 Å². The van der Waals surface area contributed by atoms with E-state index in [4.69, 9.17) is 28.4 Å². The maximum atomic E-state index is 14.1. The molecule has 10 atom stereocenters. The van der Waals surface area contributed by atoms with E-state index >= 15 is 0 Å². The van der Waals surface area contributed by atoms with Crippen molar-refractivity contribution in [2.24, 2.45) is 11.8 Å². The number of nitrogens with one attached hydrogen (secondary N) is 4. The fourth-order valence-corrected chi connectivity index (χ4v) is 12.4. The van der Waals surface area contributed by atoms with Gasteiger partial charge in [0, 0.05) is 24.9 Å². The summed E-state index contributed by atoms with van der Waals surface area (Å²) in [6.45, 7) is 16.0.